The summed E-state index contributed by atoms with van der Waals surface area (Å²) in [4.78, 5) is 56.9. The predicted octanol–water partition coefficient (Wildman–Crippen LogP) is 9.60. The lowest BCUT2D eigenvalue weighted by atomic mass is 9.77. The molecule has 0 saturated carbocycles. The first kappa shape index (κ1) is 46.2. The molecule has 14 heteroatoms. The number of esters is 3. The summed E-state index contributed by atoms with van der Waals surface area (Å²) in [6, 6.07) is 14.8. The largest absolute Gasteiger partial charge is 0.456 e. The van der Waals surface area contributed by atoms with Gasteiger partial charge in [-0.2, -0.15) is 0 Å². The highest BCUT2D eigenvalue weighted by Gasteiger charge is 2.54. The number of rotatable bonds is 16. The highest BCUT2D eigenvalue weighted by Crippen LogP contribution is 2.57. The Morgan fingerprint density at radius 3 is 1.90 bits per heavy atom. The molecule has 0 aromatic heterocycles. The zero-order valence-corrected chi connectivity index (χ0v) is 37.5. The van der Waals surface area contributed by atoms with Crippen LogP contribution in [0.25, 0.3) is 4.85 Å². The Morgan fingerprint density at radius 1 is 0.833 bits per heavy atom. The van der Waals surface area contributed by atoms with E-state index in [1.54, 1.807) is 96.1 Å². The summed E-state index contributed by atoms with van der Waals surface area (Å²) in [6.45, 7) is 29.3. The summed E-state index contributed by atoms with van der Waals surface area (Å²) < 4.78 is 38.9. The molecule has 2 aliphatic rings. The Balaban J connectivity index is 1.48. The van der Waals surface area contributed by atoms with Crippen LogP contribution >= 0.6 is 8.53 Å². The van der Waals surface area contributed by atoms with Crippen molar-refractivity contribution in [3.8, 4) is 23.0 Å². The SMILES string of the molecule is [C-]#[N+]CCOP(OCC(CCC)CNC(=O)c1ccc2c(c1)C1(OC2=O)c2ccc(OC(=O)C(C)(C)C)cc2Oc2cc(OC(=O)C(C)(C)C)ccc21)N(C(C)C)C(C)C. The molecule has 60 heavy (non-hydrogen) atoms. The van der Waals surface area contributed by atoms with E-state index in [2.05, 4.69) is 49.5 Å². The van der Waals surface area contributed by atoms with Crippen molar-refractivity contribution >= 4 is 32.3 Å². The molecule has 2 unspecified atom stereocenters. The monoisotopic (exact) mass is 843 g/mol. The van der Waals surface area contributed by atoms with Gasteiger partial charge in [-0.25, -0.2) is 16.0 Å². The van der Waals surface area contributed by atoms with Gasteiger partial charge >= 0.3 is 17.9 Å². The number of ether oxygens (including phenoxy) is 4. The standard InChI is InChI=1S/C46H58N3O10P/c1-13-14-30(27-55-60(54-22-21-47-12)49(28(2)3)29(4)5)26-48-40(50)31-15-18-34-37(23-31)46(59-41(34)51)35-19-16-32(56-42(52)44(6,7)8)24-38(35)58-39-25-33(17-20-36(39)46)57-43(53)45(9,10)11/h15-20,23-25,28-30H,13-14,21-22,26-27H2,1-11H3,(H,48,50). The van der Waals surface area contributed by atoms with Gasteiger partial charge in [-0.05, 0) is 118 Å². The average Bonchev–Trinajstić information content (AvgIpc) is 3.45. The van der Waals surface area contributed by atoms with Gasteiger partial charge in [-0.15, -0.1) is 0 Å². The van der Waals surface area contributed by atoms with E-state index in [9.17, 15) is 19.2 Å². The fourth-order valence-corrected chi connectivity index (χ4v) is 8.61. The topological polar surface area (TPSA) is 143 Å². The second-order valence-corrected chi connectivity index (χ2v) is 19.2. The van der Waals surface area contributed by atoms with Crippen LogP contribution in [0, 0.1) is 23.3 Å². The van der Waals surface area contributed by atoms with E-state index in [-0.39, 0.29) is 65.6 Å². The van der Waals surface area contributed by atoms with Gasteiger partial charge in [0, 0.05) is 58.9 Å². The van der Waals surface area contributed by atoms with Crippen LogP contribution in [0.15, 0.2) is 54.6 Å². The molecule has 2 aliphatic heterocycles. The minimum atomic E-state index is -1.58. The van der Waals surface area contributed by atoms with Gasteiger partial charge in [-0.3, -0.25) is 14.4 Å². The zero-order chi connectivity index (χ0) is 44.2. The lowest BCUT2D eigenvalue weighted by Gasteiger charge is -2.37. The highest BCUT2D eigenvalue weighted by molar-refractivity contribution is 7.44. The van der Waals surface area contributed by atoms with Crippen LogP contribution in [0.4, 0.5) is 0 Å². The minimum Gasteiger partial charge on any atom is -0.456 e. The maximum atomic E-state index is 14.0. The molecule has 0 bridgehead atoms. The summed E-state index contributed by atoms with van der Waals surface area (Å²) in [5.41, 5.74) is -1.26. The molecule has 2 atom stereocenters. The quantitative estimate of drug-likeness (QED) is 0.0484. The second-order valence-electron chi connectivity index (χ2n) is 17.7. The lowest BCUT2D eigenvalue weighted by Crippen LogP contribution is -2.35. The summed E-state index contributed by atoms with van der Waals surface area (Å²) >= 11 is 0. The average molecular weight is 844 g/mol. The third-order valence-corrected chi connectivity index (χ3v) is 12.1. The van der Waals surface area contributed by atoms with Gasteiger partial charge in [0.1, 0.15) is 29.6 Å². The zero-order valence-electron chi connectivity index (χ0n) is 36.6. The number of hydrogen-bond donors (Lipinski definition) is 1. The van der Waals surface area contributed by atoms with E-state index in [0.29, 0.717) is 35.4 Å². The van der Waals surface area contributed by atoms with E-state index in [1.807, 2.05) is 0 Å². The summed E-state index contributed by atoms with van der Waals surface area (Å²) in [5, 5.41) is 3.09. The Kier molecular flexibility index (Phi) is 14.5. The minimum absolute atomic E-state index is 0.0299. The molecule has 322 valence electrons. The number of carbonyl (C=O) groups excluding carboxylic acids is 4. The predicted molar refractivity (Wildman–Crippen MR) is 228 cm³/mol. The Bertz CT molecular complexity index is 2050. The summed E-state index contributed by atoms with van der Waals surface area (Å²) in [5.74, 6) is -0.975. The Labute approximate surface area is 355 Å². The van der Waals surface area contributed by atoms with E-state index in [0.717, 1.165) is 12.8 Å². The van der Waals surface area contributed by atoms with Gasteiger partial charge in [0.15, 0.2) is 5.60 Å². The maximum Gasteiger partial charge on any atom is 0.340 e. The number of nitrogens with one attached hydrogen (secondary N) is 1. The third-order valence-electron chi connectivity index (χ3n) is 9.98. The lowest BCUT2D eigenvalue weighted by molar-refractivity contribution is -0.143. The van der Waals surface area contributed by atoms with Gasteiger partial charge in [0.05, 0.1) is 23.0 Å². The Morgan fingerprint density at radius 2 is 1.40 bits per heavy atom. The number of nitrogens with zero attached hydrogens (tertiary/aromatic N) is 2. The first-order valence-electron chi connectivity index (χ1n) is 20.5. The molecule has 1 N–H and O–H groups in total. The van der Waals surface area contributed by atoms with Crippen molar-refractivity contribution in [3.63, 3.8) is 0 Å². The molecule has 0 radical (unpaired) electrons. The van der Waals surface area contributed by atoms with E-state index < -0.39 is 42.9 Å². The molecule has 2 heterocycles. The number of fused-ring (bicyclic) bond motifs is 6. The molecule has 0 aliphatic carbocycles. The number of hydrogen-bond acceptors (Lipinski definition) is 11. The van der Waals surface area contributed by atoms with Gasteiger partial charge < -0.3 is 38.2 Å². The van der Waals surface area contributed by atoms with Crippen LogP contribution in [-0.4, -0.2) is 66.9 Å². The van der Waals surface area contributed by atoms with E-state index >= 15 is 0 Å². The first-order valence-corrected chi connectivity index (χ1v) is 21.6. The molecule has 1 amide bonds. The molecule has 13 nitrogen and oxygen atoms in total. The van der Waals surface area contributed by atoms with Crippen molar-refractivity contribution < 1.29 is 47.2 Å². The normalized spacial score (nSPS) is 15.1. The van der Waals surface area contributed by atoms with Gasteiger partial charge in [0.2, 0.25) is 6.54 Å². The first-order chi connectivity index (χ1) is 28.2. The van der Waals surface area contributed by atoms with Crippen LogP contribution in [-0.2, 0) is 29.0 Å². The maximum absolute atomic E-state index is 14.0. The van der Waals surface area contributed by atoms with Gasteiger partial charge in [0.25, 0.3) is 14.4 Å². The summed E-state index contributed by atoms with van der Waals surface area (Å²) in [7, 11) is -1.44. The highest BCUT2D eigenvalue weighted by atomic mass is 31.2. The van der Waals surface area contributed by atoms with Crippen molar-refractivity contribution in [2.75, 3.05) is 26.3 Å². The van der Waals surface area contributed by atoms with E-state index in [4.69, 9.17) is 34.6 Å². The number of benzene rings is 3. The van der Waals surface area contributed by atoms with Crippen LogP contribution in [0.1, 0.15) is 126 Å². The second kappa shape index (κ2) is 18.8. The number of carbonyl (C=O) groups is 4. The van der Waals surface area contributed by atoms with Crippen molar-refractivity contribution in [2.24, 2.45) is 16.7 Å². The van der Waals surface area contributed by atoms with E-state index in [1.165, 1.54) is 0 Å². The fraction of sp³-hybridized carbons (Fsp3) is 0.500. The summed E-state index contributed by atoms with van der Waals surface area (Å²) in [6.07, 6.45) is 1.66. The molecule has 5 rings (SSSR count). The van der Waals surface area contributed by atoms with Crippen LogP contribution in [0.2, 0.25) is 0 Å². The van der Waals surface area contributed by atoms with Crippen LogP contribution < -0.4 is 19.5 Å². The fourth-order valence-electron chi connectivity index (χ4n) is 6.94. The van der Waals surface area contributed by atoms with Gasteiger partial charge in [-0.1, -0.05) is 13.3 Å². The molecule has 0 fully saturated rings. The smallest absolute Gasteiger partial charge is 0.340 e. The number of amides is 1. The Hall–Kier alpha value is -4.86. The van der Waals surface area contributed by atoms with Crippen molar-refractivity contribution in [3.05, 3.63) is 93.8 Å². The third kappa shape index (κ3) is 10.2. The van der Waals surface area contributed by atoms with Crippen LogP contribution in [0.3, 0.4) is 0 Å². The van der Waals surface area contributed by atoms with Crippen LogP contribution in [0.5, 0.6) is 23.0 Å². The molecule has 3 aromatic rings. The molecular formula is C46H58N3O10P. The molecular weight excluding hydrogens is 785 g/mol. The van der Waals surface area contributed by atoms with Crippen molar-refractivity contribution in [2.45, 2.75) is 107 Å². The molecule has 1 spiro atoms. The van der Waals surface area contributed by atoms with Crippen molar-refractivity contribution in [1.29, 1.82) is 0 Å². The molecule has 3 aromatic carbocycles. The molecule has 0 saturated heterocycles. The van der Waals surface area contributed by atoms with Crippen molar-refractivity contribution in [1.82, 2.24) is 9.99 Å².